The van der Waals surface area contributed by atoms with E-state index in [0.29, 0.717) is 18.8 Å². The van der Waals surface area contributed by atoms with E-state index in [1.807, 2.05) is 23.9 Å². The number of likely N-dealkylation sites (N-methyl/N-ethyl adjacent to an activating group) is 1. The molecule has 114 valence electrons. The lowest BCUT2D eigenvalue weighted by Crippen LogP contribution is -2.34. The molecule has 0 spiro atoms. The first-order valence-corrected chi connectivity index (χ1v) is 7.19. The quantitative estimate of drug-likeness (QED) is 0.858. The van der Waals surface area contributed by atoms with Crippen LogP contribution in [0.25, 0.3) is 11.0 Å². The fourth-order valence-electron chi connectivity index (χ4n) is 2.71. The molecule has 3 rings (SSSR count). The number of anilines is 1. The van der Waals surface area contributed by atoms with Gasteiger partial charge in [-0.05, 0) is 19.7 Å². The smallest absolute Gasteiger partial charge is 0.147 e. The molecule has 1 aliphatic heterocycles. The van der Waals surface area contributed by atoms with Crippen molar-refractivity contribution in [2.45, 2.75) is 31.8 Å². The number of hydrogen-bond donors (Lipinski definition) is 2. The van der Waals surface area contributed by atoms with Crippen molar-refractivity contribution in [2.24, 2.45) is 0 Å². The Morgan fingerprint density at radius 3 is 3.10 bits per heavy atom. The molecule has 2 aromatic rings. The number of ether oxygens (including phenoxy) is 1. The minimum Gasteiger partial charge on any atom is -0.390 e. The van der Waals surface area contributed by atoms with Crippen LogP contribution in [0.4, 0.5) is 5.82 Å². The third kappa shape index (κ3) is 2.59. The van der Waals surface area contributed by atoms with Crippen LogP contribution in [0.3, 0.4) is 0 Å². The summed E-state index contributed by atoms with van der Waals surface area (Å²) in [6.45, 7) is 3.72. The Bertz CT molecular complexity index is 629. The molecule has 1 saturated heterocycles. The molecule has 7 nitrogen and oxygen atoms in total. The monoisotopic (exact) mass is 291 g/mol. The summed E-state index contributed by atoms with van der Waals surface area (Å²) >= 11 is 0. The number of aromatic nitrogens is 3. The van der Waals surface area contributed by atoms with E-state index in [2.05, 4.69) is 21.8 Å². The Morgan fingerprint density at radius 1 is 1.52 bits per heavy atom. The van der Waals surface area contributed by atoms with Crippen LogP contribution in [-0.4, -0.2) is 56.9 Å². The maximum Gasteiger partial charge on any atom is 0.147 e. The molecule has 1 aliphatic rings. The minimum absolute atomic E-state index is 0.184. The third-order valence-electron chi connectivity index (χ3n) is 4.09. The fourth-order valence-corrected chi connectivity index (χ4v) is 2.71. The number of fused-ring (bicyclic) bond motifs is 1. The summed E-state index contributed by atoms with van der Waals surface area (Å²) in [5.74, 6) is 0.458. The van der Waals surface area contributed by atoms with Gasteiger partial charge < -0.3 is 25.0 Å². The maximum absolute atomic E-state index is 10.2. The molecule has 0 saturated carbocycles. The molecule has 0 bridgehead atoms. The Hall–Kier alpha value is -1.70. The Kier molecular flexibility index (Phi) is 3.79. The highest BCUT2D eigenvalue weighted by Crippen LogP contribution is 2.32. The average molecular weight is 291 g/mol. The SMILES string of the molecule is CCN(C)C[C@H]1O[C@@H](n2ccc3c(N)ncnc32)C[C@@H]1O. The van der Waals surface area contributed by atoms with Crippen molar-refractivity contribution in [3.8, 4) is 0 Å². The standard InChI is InChI=1S/C14H21N5O2/c1-3-18(2)7-11-10(20)6-12(21-11)19-5-4-9-13(15)16-8-17-14(9)19/h4-5,8,10-12,20H,3,6-7H2,1-2H3,(H2,15,16,17)/t10-,11+,12+/m0/s1. The second-order valence-corrected chi connectivity index (χ2v) is 5.51. The van der Waals surface area contributed by atoms with Crippen LogP contribution < -0.4 is 5.73 Å². The van der Waals surface area contributed by atoms with Gasteiger partial charge in [0.2, 0.25) is 0 Å². The molecular formula is C14H21N5O2. The number of aliphatic hydroxyl groups excluding tert-OH is 1. The summed E-state index contributed by atoms with van der Waals surface area (Å²) in [7, 11) is 2.02. The van der Waals surface area contributed by atoms with E-state index in [-0.39, 0.29) is 12.3 Å². The summed E-state index contributed by atoms with van der Waals surface area (Å²) < 4.78 is 7.93. The van der Waals surface area contributed by atoms with E-state index in [0.717, 1.165) is 17.6 Å². The lowest BCUT2D eigenvalue weighted by molar-refractivity contribution is -0.0294. The molecule has 0 amide bonds. The van der Waals surface area contributed by atoms with Crippen molar-refractivity contribution in [2.75, 3.05) is 25.9 Å². The molecule has 3 N–H and O–H groups in total. The zero-order valence-corrected chi connectivity index (χ0v) is 12.3. The molecule has 1 fully saturated rings. The Morgan fingerprint density at radius 2 is 2.33 bits per heavy atom. The highest BCUT2D eigenvalue weighted by atomic mass is 16.5. The van der Waals surface area contributed by atoms with E-state index in [1.54, 1.807) is 0 Å². The minimum atomic E-state index is -0.472. The Labute approximate surface area is 123 Å². The zero-order valence-electron chi connectivity index (χ0n) is 12.3. The number of aliphatic hydroxyl groups is 1. The van der Waals surface area contributed by atoms with Crippen LogP contribution in [0.1, 0.15) is 19.6 Å². The number of hydrogen-bond acceptors (Lipinski definition) is 6. The van der Waals surface area contributed by atoms with Crippen LogP contribution in [0.15, 0.2) is 18.6 Å². The maximum atomic E-state index is 10.2. The lowest BCUT2D eigenvalue weighted by Gasteiger charge is -2.21. The summed E-state index contributed by atoms with van der Waals surface area (Å²) in [5.41, 5.74) is 6.59. The van der Waals surface area contributed by atoms with Crippen molar-refractivity contribution in [1.29, 1.82) is 0 Å². The topological polar surface area (TPSA) is 89.4 Å². The van der Waals surface area contributed by atoms with Gasteiger partial charge >= 0.3 is 0 Å². The van der Waals surface area contributed by atoms with Crippen molar-refractivity contribution < 1.29 is 9.84 Å². The molecular weight excluding hydrogens is 270 g/mol. The second-order valence-electron chi connectivity index (χ2n) is 5.51. The van der Waals surface area contributed by atoms with E-state index < -0.39 is 6.10 Å². The van der Waals surface area contributed by atoms with Gasteiger partial charge in [-0.3, -0.25) is 0 Å². The van der Waals surface area contributed by atoms with Gasteiger partial charge in [-0.2, -0.15) is 0 Å². The number of nitrogens with two attached hydrogens (primary N) is 1. The number of nitrogen functional groups attached to an aromatic ring is 1. The highest BCUT2D eigenvalue weighted by Gasteiger charge is 2.35. The van der Waals surface area contributed by atoms with Crippen LogP contribution >= 0.6 is 0 Å². The molecule has 21 heavy (non-hydrogen) atoms. The van der Waals surface area contributed by atoms with Crippen LogP contribution in [0.5, 0.6) is 0 Å². The van der Waals surface area contributed by atoms with Gasteiger partial charge in [-0.25, -0.2) is 9.97 Å². The molecule has 0 aromatic carbocycles. The highest BCUT2D eigenvalue weighted by molar-refractivity contribution is 5.86. The number of rotatable bonds is 4. The molecule has 0 aliphatic carbocycles. The van der Waals surface area contributed by atoms with Gasteiger partial charge in [0.05, 0.1) is 17.6 Å². The van der Waals surface area contributed by atoms with E-state index in [1.165, 1.54) is 6.33 Å². The van der Waals surface area contributed by atoms with Crippen molar-refractivity contribution in [3.63, 3.8) is 0 Å². The lowest BCUT2D eigenvalue weighted by atomic mass is 10.1. The van der Waals surface area contributed by atoms with Crippen molar-refractivity contribution >= 4 is 16.9 Å². The van der Waals surface area contributed by atoms with E-state index in [9.17, 15) is 5.11 Å². The molecule has 0 radical (unpaired) electrons. The zero-order chi connectivity index (χ0) is 15.0. The summed E-state index contributed by atoms with van der Waals surface area (Å²) in [5, 5.41) is 11.0. The van der Waals surface area contributed by atoms with Crippen LogP contribution in [0.2, 0.25) is 0 Å². The first-order chi connectivity index (χ1) is 10.1. The number of nitrogens with zero attached hydrogens (tertiary/aromatic N) is 4. The third-order valence-corrected chi connectivity index (χ3v) is 4.09. The Balaban J connectivity index is 1.83. The first kappa shape index (κ1) is 14.2. The van der Waals surface area contributed by atoms with Crippen LogP contribution in [0, 0.1) is 0 Å². The van der Waals surface area contributed by atoms with Crippen LogP contribution in [-0.2, 0) is 4.74 Å². The predicted molar refractivity (Wildman–Crippen MR) is 79.6 cm³/mol. The normalized spacial score (nSPS) is 26.0. The van der Waals surface area contributed by atoms with Crippen molar-refractivity contribution in [1.82, 2.24) is 19.4 Å². The first-order valence-electron chi connectivity index (χ1n) is 7.19. The fraction of sp³-hybridized carbons (Fsp3) is 0.571. The molecule has 3 heterocycles. The summed E-state index contributed by atoms with van der Waals surface area (Å²) in [4.78, 5) is 10.4. The molecule has 2 aromatic heterocycles. The summed E-state index contributed by atoms with van der Waals surface area (Å²) in [6, 6.07) is 1.88. The van der Waals surface area contributed by atoms with Gasteiger partial charge in [-0.1, -0.05) is 6.92 Å². The van der Waals surface area contributed by atoms with E-state index in [4.69, 9.17) is 10.5 Å². The summed E-state index contributed by atoms with van der Waals surface area (Å²) in [6.07, 6.45) is 3.01. The predicted octanol–water partition coefficient (Wildman–Crippen LogP) is 0.614. The second kappa shape index (κ2) is 5.59. The van der Waals surface area contributed by atoms with Gasteiger partial charge in [0, 0.05) is 19.2 Å². The van der Waals surface area contributed by atoms with Gasteiger partial charge in [0.15, 0.2) is 0 Å². The van der Waals surface area contributed by atoms with Gasteiger partial charge in [-0.15, -0.1) is 0 Å². The average Bonchev–Trinajstić information content (AvgIpc) is 3.04. The largest absolute Gasteiger partial charge is 0.390 e. The van der Waals surface area contributed by atoms with Gasteiger partial charge in [0.25, 0.3) is 0 Å². The molecule has 3 atom stereocenters. The van der Waals surface area contributed by atoms with Gasteiger partial charge in [0.1, 0.15) is 24.0 Å². The van der Waals surface area contributed by atoms with Crippen molar-refractivity contribution in [3.05, 3.63) is 18.6 Å². The van der Waals surface area contributed by atoms with E-state index >= 15 is 0 Å². The molecule has 7 heteroatoms. The molecule has 0 unspecified atom stereocenters.